The first kappa shape index (κ1) is 9.69. The minimum absolute atomic E-state index is 0.141. The lowest BCUT2D eigenvalue weighted by molar-refractivity contribution is -0.153. The Morgan fingerprint density at radius 2 is 1.93 bits per heavy atom. The molecule has 1 saturated carbocycles. The highest BCUT2D eigenvalue weighted by atomic mass is 16.6. The second-order valence-corrected chi connectivity index (χ2v) is 4.53. The highest BCUT2D eigenvalue weighted by molar-refractivity contribution is 5.94. The van der Waals surface area contributed by atoms with Gasteiger partial charge in [-0.15, -0.1) is 0 Å². The molecule has 1 aliphatic heterocycles. The molecule has 0 N–H and O–H groups in total. The summed E-state index contributed by atoms with van der Waals surface area (Å²) < 4.78 is 4.60. The monoisotopic (exact) mass is 196 g/mol. The number of esters is 2. The van der Waals surface area contributed by atoms with E-state index in [1.165, 1.54) is 19.3 Å². The molecule has 1 saturated heterocycles. The lowest BCUT2D eigenvalue weighted by Crippen LogP contribution is -2.27. The number of carbonyl (C=O) groups excluding carboxylic acids is 2. The van der Waals surface area contributed by atoms with E-state index >= 15 is 0 Å². The lowest BCUT2D eigenvalue weighted by atomic mass is 9.73. The van der Waals surface area contributed by atoms with E-state index in [0.29, 0.717) is 18.3 Å². The molecule has 2 fully saturated rings. The van der Waals surface area contributed by atoms with Gasteiger partial charge >= 0.3 is 11.9 Å². The second kappa shape index (κ2) is 3.71. The molecule has 0 aromatic heterocycles. The topological polar surface area (TPSA) is 43.4 Å². The van der Waals surface area contributed by atoms with Crippen molar-refractivity contribution in [2.45, 2.75) is 39.0 Å². The molecular formula is C11H16O3. The van der Waals surface area contributed by atoms with Gasteiger partial charge in [-0.2, -0.15) is 0 Å². The quantitative estimate of drug-likeness (QED) is 0.475. The Labute approximate surface area is 83.8 Å². The van der Waals surface area contributed by atoms with Crippen LogP contribution in [0.25, 0.3) is 0 Å². The predicted octanol–water partition coefficient (Wildman–Crippen LogP) is 1.90. The lowest BCUT2D eigenvalue weighted by Gasteiger charge is -2.30. The maximum absolute atomic E-state index is 11.4. The molecule has 0 aromatic carbocycles. The largest absolute Gasteiger partial charge is 0.393 e. The van der Waals surface area contributed by atoms with Gasteiger partial charge < -0.3 is 4.74 Å². The molecule has 3 atom stereocenters. The van der Waals surface area contributed by atoms with Crippen LogP contribution in [0.15, 0.2) is 0 Å². The van der Waals surface area contributed by atoms with E-state index in [1.807, 2.05) is 0 Å². The number of hydrogen-bond acceptors (Lipinski definition) is 3. The van der Waals surface area contributed by atoms with E-state index in [1.54, 1.807) is 0 Å². The molecular weight excluding hydrogens is 180 g/mol. The van der Waals surface area contributed by atoms with Gasteiger partial charge in [0.2, 0.25) is 0 Å². The maximum atomic E-state index is 11.4. The van der Waals surface area contributed by atoms with Crippen LogP contribution in [0.2, 0.25) is 0 Å². The summed E-state index contributed by atoms with van der Waals surface area (Å²) in [4.78, 5) is 22.4. The van der Waals surface area contributed by atoms with E-state index in [0.717, 1.165) is 6.42 Å². The van der Waals surface area contributed by atoms with Crippen LogP contribution in [0.4, 0.5) is 0 Å². The second-order valence-electron chi connectivity index (χ2n) is 4.53. The number of cyclic esters (lactones) is 2. The molecule has 0 radical (unpaired) electrons. The third kappa shape index (κ3) is 1.68. The Kier molecular flexibility index (Phi) is 2.57. The highest BCUT2D eigenvalue weighted by Crippen LogP contribution is 2.38. The minimum Gasteiger partial charge on any atom is -0.393 e. The van der Waals surface area contributed by atoms with E-state index in [2.05, 4.69) is 11.7 Å². The van der Waals surface area contributed by atoms with Gasteiger partial charge in [0, 0.05) is 0 Å². The van der Waals surface area contributed by atoms with Crippen LogP contribution < -0.4 is 0 Å². The summed E-state index contributed by atoms with van der Waals surface area (Å²) in [5.74, 6) is 0.180. The van der Waals surface area contributed by atoms with Gasteiger partial charge in [-0.05, 0) is 18.3 Å². The smallest absolute Gasteiger partial charge is 0.317 e. The minimum atomic E-state index is -0.335. The Balaban J connectivity index is 2.06. The van der Waals surface area contributed by atoms with Crippen LogP contribution in [-0.4, -0.2) is 11.9 Å². The first-order chi connectivity index (χ1) is 6.68. The fraction of sp³-hybridized carbons (Fsp3) is 0.818. The Bertz CT molecular complexity index is 259. The Hall–Kier alpha value is -0.860. The molecule has 0 aromatic rings. The summed E-state index contributed by atoms with van der Waals surface area (Å²) in [6, 6.07) is 0. The van der Waals surface area contributed by atoms with E-state index in [-0.39, 0.29) is 17.9 Å². The van der Waals surface area contributed by atoms with Gasteiger partial charge in [-0.1, -0.05) is 26.2 Å². The molecule has 0 amide bonds. The average Bonchev–Trinajstić information content (AvgIpc) is 2.46. The Morgan fingerprint density at radius 3 is 2.50 bits per heavy atom. The predicted molar refractivity (Wildman–Crippen MR) is 50.3 cm³/mol. The molecule has 2 rings (SSSR count). The molecule has 3 heteroatoms. The number of ether oxygens (including phenoxy) is 1. The summed E-state index contributed by atoms with van der Waals surface area (Å²) in [6.45, 7) is 2.18. The summed E-state index contributed by atoms with van der Waals surface area (Å²) in [5.41, 5.74) is 0. The molecule has 1 heterocycles. The summed E-state index contributed by atoms with van der Waals surface area (Å²) in [7, 11) is 0. The third-order valence-electron chi connectivity index (χ3n) is 3.60. The number of rotatable bonds is 1. The average molecular weight is 196 g/mol. The van der Waals surface area contributed by atoms with Gasteiger partial charge in [-0.3, -0.25) is 9.59 Å². The van der Waals surface area contributed by atoms with Crippen LogP contribution >= 0.6 is 0 Å². The van der Waals surface area contributed by atoms with Crippen molar-refractivity contribution in [2.75, 3.05) is 0 Å². The summed E-state index contributed by atoms with van der Waals surface area (Å²) in [6.07, 6.45) is 5.02. The van der Waals surface area contributed by atoms with Gasteiger partial charge in [0.15, 0.2) is 0 Å². The summed E-state index contributed by atoms with van der Waals surface area (Å²) in [5, 5.41) is 0. The Morgan fingerprint density at radius 1 is 1.21 bits per heavy atom. The molecule has 0 bridgehead atoms. The van der Waals surface area contributed by atoms with Crippen LogP contribution in [0.5, 0.6) is 0 Å². The zero-order valence-corrected chi connectivity index (χ0v) is 8.49. The fourth-order valence-corrected chi connectivity index (χ4v) is 2.76. The van der Waals surface area contributed by atoms with Crippen LogP contribution in [-0.2, 0) is 14.3 Å². The standard InChI is InChI=1S/C11H16O3/c1-7-4-2-3-5-8(7)9-6-10(12)14-11(9)13/h7-9H,2-6H2,1H3. The van der Waals surface area contributed by atoms with Crippen LogP contribution in [0.3, 0.4) is 0 Å². The van der Waals surface area contributed by atoms with Crippen molar-refractivity contribution < 1.29 is 14.3 Å². The van der Waals surface area contributed by atoms with Crippen molar-refractivity contribution in [3.63, 3.8) is 0 Å². The number of carbonyl (C=O) groups is 2. The van der Waals surface area contributed by atoms with Gasteiger partial charge in [0.05, 0.1) is 12.3 Å². The highest BCUT2D eigenvalue weighted by Gasteiger charge is 2.41. The zero-order valence-electron chi connectivity index (χ0n) is 8.49. The molecule has 1 aliphatic carbocycles. The van der Waals surface area contributed by atoms with Crippen molar-refractivity contribution >= 4 is 11.9 Å². The van der Waals surface area contributed by atoms with Crippen molar-refractivity contribution in [2.24, 2.45) is 17.8 Å². The number of hydrogen-bond donors (Lipinski definition) is 0. The molecule has 0 spiro atoms. The van der Waals surface area contributed by atoms with Crippen molar-refractivity contribution in [1.82, 2.24) is 0 Å². The van der Waals surface area contributed by atoms with Gasteiger partial charge in [0.25, 0.3) is 0 Å². The van der Waals surface area contributed by atoms with Crippen molar-refractivity contribution in [3.05, 3.63) is 0 Å². The SMILES string of the molecule is CC1CCCCC1C1CC(=O)OC1=O. The molecule has 14 heavy (non-hydrogen) atoms. The van der Waals surface area contributed by atoms with Crippen LogP contribution in [0, 0.1) is 17.8 Å². The first-order valence-electron chi connectivity index (χ1n) is 5.43. The molecule has 78 valence electrons. The molecule has 2 aliphatic rings. The van der Waals surface area contributed by atoms with Crippen molar-refractivity contribution in [3.8, 4) is 0 Å². The maximum Gasteiger partial charge on any atom is 0.317 e. The summed E-state index contributed by atoms with van der Waals surface area (Å²) >= 11 is 0. The molecule has 3 unspecified atom stereocenters. The normalized spacial score (nSPS) is 38.5. The fourth-order valence-electron chi connectivity index (χ4n) is 2.76. The van der Waals surface area contributed by atoms with E-state index in [4.69, 9.17) is 0 Å². The van der Waals surface area contributed by atoms with Gasteiger partial charge in [-0.25, -0.2) is 0 Å². The van der Waals surface area contributed by atoms with E-state index in [9.17, 15) is 9.59 Å². The van der Waals surface area contributed by atoms with Crippen molar-refractivity contribution in [1.29, 1.82) is 0 Å². The van der Waals surface area contributed by atoms with Crippen LogP contribution in [0.1, 0.15) is 39.0 Å². The third-order valence-corrected chi connectivity index (χ3v) is 3.60. The molecule has 3 nitrogen and oxygen atoms in total. The zero-order chi connectivity index (χ0) is 10.1. The first-order valence-corrected chi connectivity index (χ1v) is 5.43. The van der Waals surface area contributed by atoms with Gasteiger partial charge in [0.1, 0.15) is 0 Å². The van der Waals surface area contributed by atoms with E-state index < -0.39 is 0 Å².